The number of hydrogen-bond donors (Lipinski definition) is 2. The average Bonchev–Trinajstić information content (AvgIpc) is 2.51. The highest BCUT2D eigenvalue weighted by Gasteiger charge is 2.40. The zero-order valence-electron chi connectivity index (χ0n) is 14.2. The van der Waals surface area contributed by atoms with E-state index < -0.39 is 5.97 Å². The fraction of sp³-hybridized carbons (Fsp3) is 0.579. The molecule has 1 saturated carbocycles. The van der Waals surface area contributed by atoms with Gasteiger partial charge in [0.1, 0.15) is 0 Å². The molecule has 2 atom stereocenters. The smallest absolute Gasteiger partial charge is 0.307 e. The molecule has 5 heteroatoms. The van der Waals surface area contributed by atoms with E-state index in [9.17, 15) is 14.7 Å². The predicted octanol–water partition coefficient (Wildman–Crippen LogP) is 2.22. The van der Waals surface area contributed by atoms with Gasteiger partial charge in [0, 0.05) is 13.1 Å². The third kappa shape index (κ3) is 3.61. The molecule has 2 fully saturated rings. The zero-order valence-corrected chi connectivity index (χ0v) is 14.2. The highest BCUT2D eigenvalue weighted by atomic mass is 16.4. The summed E-state index contributed by atoms with van der Waals surface area (Å²) in [7, 11) is 0. The van der Waals surface area contributed by atoms with Crippen LogP contribution in [0, 0.1) is 11.8 Å². The van der Waals surface area contributed by atoms with Crippen LogP contribution in [-0.2, 0) is 15.1 Å². The van der Waals surface area contributed by atoms with E-state index in [1.54, 1.807) is 0 Å². The van der Waals surface area contributed by atoms with Crippen molar-refractivity contribution >= 4 is 11.9 Å². The Labute approximate surface area is 143 Å². The number of carboxylic acids is 1. The first-order valence-corrected chi connectivity index (χ1v) is 8.80. The summed E-state index contributed by atoms with van der Waals surface area (Å²) in [6.07, 6.45) is 3.76. The standard InChI is InChI=1S/C19H26N2O3/c1-14-10-15(18(23)24)12-21(11-14)13-17(22)20-19(8-5-9-19)16-6-3-2-4-7-16/h2-4,6-7,14-15H,5,8-13H2,1H3,(H,20,22)(H,23,24). The third-order valence-corrected chi connectivity index (χ3v) is 5.36. The molecule has 1 saturated heterocycles. The van der Waals surface area contributed by atoms with Gasteiger partial charge in [0.15, 0.2) is 0 Å². The topological polar surface area (TPSA) is 69.6 Å². The SMILES string of the molecule is CC1CC(C(=O)O)CN(CC(=O)NC2(c3ccccc3)CCC2)C1. The molecule has 2 N–H and O–H groups in total. The summed E-state index contributed by atoms with van der Waals surface area (Å²) in [6, 6.07) is 10.1. The molecular formula is C19H26N2O3. The van der Waals surface area contributed by atoms with Crippen molar-refractivity contribution in [1.29, 1.82) is 0 Å². The second-order valence-corrected chi connectivity index (χ2v) is 7.42. The molecule has 1 amide bonds. The molecule has 2 unspecified atom stereocenters. The van der Waals surface area contributed by atoms with E-state index >= 15 is 0 Å². The minimum Gasteiger partial charge on any atom is -0.481 e. The normalized spacial score (nSPS) is 26.4. The molecule has 0 aromatic heterocycles. The Morgan fingerprint density at radius 2 is 1.96 bits per heavy atom. The number of nitrogens with zero attached hydrogens (tertiary/aromatic N) is 1. The Kier molecular flexibility index (Phi) is 4.90. The fourth-order valence-corrected chi connectivity index (χ4v) is 4.05. The molecule has 1 aromatic carbocycles. The second-order valence-electron chi connectivity index (χ2n) is 7.42. The van der Waals surface area contributed by atoms with Crippen LogP contribution in [0.5, 0.6) is 0 Å². The lowest BCUT2D eigenvalue weighted by Crippen LogP contribution is -2.54. The number of piperidine rings is 1. The molecule has 5 nitrogen and oxygen atoms in total. The predicted molar refractivity (Wildman–Crippen MR) is 91.5 cm³/mol. The van der Waals surface area contributed by atoms with E-state index in [2.05, 4.69) is 24.4 Å². The minimum absolute atomic E-state index is 0.00297. The number of hydrogen-bond acceptors (Lipinski definition) is 3. The van der Waals surface area contributed by atoms with Crippen LogP contribution in [0.3, 0.4) is 0 Å². The summed E-state index contributed by atoms with van der Waals surface area (Å²) in [5.74, 6) is -0.823. The Balaban J connectivity index is 1.62. The molecule has 1 aliphatic carbocycles. The molecule has 3 rings (SSSR count). The van der Waals surface area contributed by atoms with Gasteiger partial charge in [-0.1, -0.05) is 37.3 Å². The van der Waals surface area contributed by atoms with Crippen LogP contribution in [0.15, 0.2) is 30.3 Å². The summed E-state index contributed by atoms with van der Waals surface area (Å²) in [5, 5.41) is 12.5. The van der Waals surface area contributed by atoms with Crippen LogP contribution >= 0.6 is 0 Å². The maximum Gasteiger partial charge on any atom is 0.307 e. The summed E-state index contributed by atoms with van der Waals surface area (Å²) >= 11 is 0. The van der Waals surface area contributed by atoms with E-state index in [1.807, 2.05) is 23.1 Å². The Morgan fingerprint density at radius 1 is 1.25 bits per heavy atom. The first-order valence-electron chi connectivity index (χ1n) is 8.80. The number of carbonyl (C=O) groups is 2. The Bertz CT molecular complexity index is 598. The molecule has 0 spiro atoms. The zero-order chi connectivity index (χ0) is 17.2. The van der Waals surface area contributed by atoms with Gasteiger partial charge in [-0.2, -0.15) is 0 Å². The van der Waals surface area contributed by atoms with Crippen LogP contribution < -0.4 is 5.32 Å². The minimum atomic E-state index is -0.758. The third-order valence-electron chi connectivity index (χ3n) is 5.36. The van der Waals surface area contributed by atoms with Crippen molar-refractivity contribution < 1.29 is 14.7 Å². The molecule has 24 heavy (non-hydrogen) atoms. The highest BCUT2D eigenvalue weighted by molar-refractivity contribution is 5.79. The number of benzene rings is 1. The molecule has 1 heterocycles. The van der Waals surface area contributed by atoms with Crippen LogP contribution in [0.2, 0.25) is 0 Å². The Hall–Kier alpha value is -1.88. The number of nitrogens with one attached hydrogen (secondary N) is 1. The molecule has 2 aliphatic rings. The van der Waals surface area contributed by atoms with Gasteiger partial charge in [-0.15, -0.1) is 0 Å². The second kappa shape index (κ2) is 6.93. The number of rotatable bonds is 5. The van der Waals surface area contributed by atoms with Crippen molar-refractivity contribution in [1.82, 2.24) is 10.2 Å². The van der Waals surface area contributed by atoms with Crippen molar-refractivity contribution in [2.24, 2.45) is 11.8 Å². The van der Waals surface area contributed by atoms with E-state index in [0.717, 1.165) is 25.8 Å². The summed E-state index contributed by atoms with van der Waals surface area (Å²) < 4.78 is 0. The van der Waals surface area contributed by atoms with Crippen molar-refractivity contribution in [2.75, 3.05) is 19.6 Å². The lowest BCUT2D eigenvalue weighted by Gasteiger charge is -2.44. The molecule has 0 radical (unpaired) electrons. The van der Waals surface area contributed by atoms with Crippen molar-refractivity contribution in [3.05, 3.63) is 35.9 Å². The molecule has 1 aromatic rings. The number of carbonyl (C=O) groups excluding carboxylic acids is 1. The van der Waals surface area contributed by atoms with E-state index in [0.29, 0.717) is 18.9 Å². The van der Waals surface area contributed by atoms with Crippen molar-refractivity contribution in [2.45, 2.75) is 38.1 Å². The van der Waals surface area contributed by atoms with E-state index in [-0.39, 0.29) is 23.9 Å². The largest absolute Gasteiger partial charge is 0.481 e. The highest BCUT2D eigenvalue weighted by Crippen LogP contribution is 2.41. The molecular weight excluding hydrogens is 304 g/mol. The van der Waals surface area contributed by atoms with Gasteiger partial charge < -0.3 is 10.4 Å². The van der Waals surface area contributed by atoms with Gasteiger partial charge in [0.05, 0.1) is 18.0 Å². The summed E-state index contributed by atoms with van der Waals surface area (Å²) in [5.41, 5.74) is 0.936. The molecule has 0 bridgehead atoms. The monoisotopic (exact) mass is 330 g/mol. The van der Waals surface area contributed by atoms with Gasteiger partial charge in [-0.25, -0.2) is 0 Å². The molecule has 1 aliphatic heterocycles. The van der Waals surface area contributed by atoms with Gasteiger partial charge in [0.2, 0.25) is 5.91 Å². The quantitative estimate of drug-likeness (QED) is 0.868. The number of likely N-dealkylation sites (tertiary alicyclic amines) is 1. The van der Waals surface area contributed by atoms with Crippen molar-refractivity contribution in [3.63, 3.8) is 0 Å². The first kappa shape index (κ1) is 17.0. The van der Waals surface area contributed by atoms with Gasteiger partial charge in [-0.05, 0) is 37.2 Å². The number of aliphatic carboxylic acids is 1. The summed E-state index contributed by atoms with van der Waals surface area (Å²) in [6.45, 7) is 3.58. The maximum absolute atomic E-state index is 12.6. The number of carboxylic acid groups (broad SMARTS) is 1. The van der Waals surface area contributed by atoms with Crippen LogP contribution in [0.1, 0.15) is 38.2 Å². The van der Waals surface area contributed by atoms with E-state index in [1.165, 1.54) is 5.56 Å². The lowest BCUT2D eigenvalue weighted by molar-refractivity contribution is -0.145. The van der Waals surface area contributed by atoms with Crippen LogP contribution in [0.25, 0.3) is 0 Å². The van der Waals surface area contributed by atoms with Gasteiger partial charge in [-0.3, -0.25) is 14.5 Å². The van der Waals surface area contributed by atoms with Crippen LogP contribution in [0.4, 0.5) is 0 Å². The summed E-state index contributed by atoms with van der Waals surface area (Å²) in [4.78, 5) is 25.8. The van der Waals surface area contributed by atoms with E-state index in [4.69, 9.17) is 0 Å². The average molecular weight is 330 g/mol. The fourth-order valence-electron chi connectivity index (χ4n) is 4.05. The first-order chi connectivity index (χ1) is 11.5. The Morgan fingerprint density at radius 3 is 2.54 bits per heavy atom. The number of amides is 1. The van der Waals surface area contributed by atoms with Crippen LogP contribution in [-0.4, -0.2) is 41.5 Å². The van der Waals surface area contributed by atoms with Gasteiger partial charge >= 0.3 is 5.97 Å². The van der Waals surface area contributed by atoms with Gasteiger partial charge in [0.25, 0.3) is 0 Å². The molecule has 130 valence electrons. The van der Waals surface area contributed by atoms with Crippen molar-refractivity contribution in [3.8, 4) is 0 Å². The lowest BCUT2D eigenvalue weighted by atomic mass is 9.72. The maximum atomic E-state index is 12.6.